The summed E-state index contributed by atoms with van der Waals surface area (Å²) in [6.07, 6.45) is 5.59. The van der Waals surface area contributed by atoms with Crippen molar-refractivity contribution < 1.29 is 4.90 Å². The van der Waals surface area contributed by atoms with E-state index < -0.39 is 0 Å². The molecule has 10 aromatic rings. The van der Waals surface area contributed by atoms with E-state index in [0.717, 1.165) is 12.1 Å². The second kappa shape index (κ2) is 13.1. The number of fused-ring (bicyclic) bond motifs is 12. The molecule has 4 nitrogen and oxygen atoms in total. The van der Waals surface area contributed by atoms with E-state index in [2.05, 4.69) is 218 Å². The van der Waals surface area contributed by atoms with Crippen LogP contribution in [0.15, 0.2) is 187 Å². The maximum atomic E-state index is 2.60. The average molecular weight is 798 g/mol. The van der Waals surface area contributed by atoms with E-state index in [1.807, 2.05) is 0 Å². The summed E-state index contributed by atoms with van der Waals surface area (Å²) >= 11 is 0. The van der Waals surface area contributed by atoms with Crippen molar-refractivity contribution in [2.45, 2.75) is 40.2 Å². The molecule has 0 bridgehead atoms. The molecule has 0 amide bonds. The van der Waals surface area contributed by atoms with Gasteiger partial charge in [0.05, 0.1) is 56.2 Å². The van der Waals surface area contributed by atoms with Crippen molar-refractivity contribution in [2.75, 3.05) is 9.80 Å². The van der Waals surface area contributed by atoms with Crippen LogP contribution in [-0.2, 0) is 0 Å². The lowest BCUT2D eigenvalue weighted by molar-refractivity contribution is -0.672. The molecule has 2 unspecified atom stereocenters. The third-order valence-electron chi connectivity index (χ3n) is 14.1. The van der Waals surface area contributed by atoms with Crippen LogP contribution in [0.1, 0.15) is 31.4 Å². The molecule has 1 N–H and O–H groups in total. The fraction of sp³-hybridized carbons (Fsp3) is 0.103. The molecule has 296 valence electrons. The number of benzene rings is 8. The smallest absolute Gasteiger partial charge is 0.157 e. The van der Waals surface area contributed by atoms with Crippen LogP contribution in [0.3, 0.4) is 0 Å². The number of hydrogen-bond acceptors (Lipinski definition) is 2. The van der Waals surface area contributed by atoms with Gasteiger partial charge in [-0.1, -0.05) is 108 Å². The van der Waals surface area contributed by atoms with Crippen LogP contribution in [0.4, 0.5) is 45.5 Å². The van der Waals surface area contributed by atoms with Crippen molar-refractivity contribution in [3.63, 3.8) is 0 Å². The highest BCUT2D eigenvalue weighted by Crippen LogP contribution is 2.56. The van der Waals surface area contributed by atoms with Crippen LogP contribution in [0.25, 0.3) is 60.3 Å². The molecule has 8 aromatic carbocycles. The minimum absolute atomic E-state index is 0.224. The molecule has 0 fully saturated rings. The molecule has 0 radical (unpaired) electrons. The van der Waals surface area contributed by atoms with Crippen molar-refractivity contribution in [1.82, 2.24) is 4.40 Å². The highest BCUT2D eigenvalue weighted by molar-refractivity contribution is 6.27. The standard InChI is InChI=1S/C58H44N4/c1-35-27-29-37(3)51(31-35)59(39-15-7-5-8-16-39)47-23-13-25-49-55(47)43-21-11-19-41-45-34-54-46(33-53(45)61(49)57(41)43)42-20-12-22-44-56-48(24-14-26-50(56)62(54)58(42)44)60(40-17-9-6-10-18-40)52-32-36(2)28-30-38(52)4/h5-31,33-34,52H,32H2,1-4H3/p+1. The first kappa shape index (κ1) is 35.4. The molecule has 62 heavy (non-hydrogen) atoms. The lowest BCUT2D eigenvalue weighted by atomic mass is 9.92. The van der Waals surface area contributed by atoms with Gasteiger partial charge in [-0.15, -0.1) is 0 Å². The number of nitrogens with one attached hydrogen (secondary N) is 1. The Balaban J connectivity index is 1.03. The second-order valence-electron chi connectivity index (χ2n) is 17.7. The fourth-order valence-electron chi connectivity index (χ4n) is 11.3. The van der Waals surface area contributed by atoms with Gasteiger partial charge >= 0.3 is 0 Å². The van der Waals surface area contributed by atoms with Gasteiger partial charge < -0.3 is 14.2 Å². The maximum absolute atomic E-state index is 2.60. The van der Waals surface area contributed by atoms with Crippen LogP contribution in [0.2, 0.25) is 0 Å². The van der Waals surface area contributed by atoms with Gasteiger partial charge in [0.2, 0.25) is 0 Å². The van der Waals surface area contributed by atoms with Gasteiger partial charge in [-0.3, -0.25) is 0 Å². The molecule has 0 spiro atoms. The molecule has 3 aliphatic rings. The van der Waals surface area contributed by atoms with E-state index in [1.165, 1.54) is 127 Å². The van der Waals surface area contributed by atoms with Gasteiger partial charge in [-0.2, -0.15) is 0 Å². The number of hydrogen-bond donors (Lipinski definition) is 1. The van der Waals surface area contributed by atoms with Crippen LogP contribution in [-0.4, -0.2) is 10.4 Å². The minimum Gasteiger partial charge on any atom is -0.333 e. The molecule has 13 rings (SSSR count). The zero-order valence-electron chi connectivity index (χ0n) is 35.4. The Kier molecular flexibility index (Phi) is 7.44. The number of allylic oxidation sites excluding steroid dienone is 2. The molecular formula is C58H45N4+. The summed E-state index contributed by atoms with van der Waals surface area (Å²) in [5.41, 5.74) is 24.4. The summed E-state index contributed by atoms with van der Waals surface area (Å²) < 4.78 is 2.57. The Morgan fingerprint density at radius 1 is 0.532 bits per heavy atom. The number of para-hydroxylation sites is 4. The van der Waals surface area contributed by atoms with Gasteiger partial charge in [0.1, 0.15) is 5.69 Å². The third kappa shape index (κ3) is 4.81. The Hall–Kier alpha value is -7.40. The monoisotopic (exact) mass is 797 g/mol. The zero-order chi connectivity index (χ0) is 41.4. The lowest BCUT2D eigenvalue weighted by Gasteiger charge is -2.37. The Labute approximate surface area is 361 Å². The third-order valence-corrected chi connectivity index (χ3v) is 14.1. The summed E-state index contributed by atoms with van der Waals surface area (Å²) in [6.45, 7) is 8.97. The number of aryl methyl sites for hydroxylation is 2. The second-order valence-corrected chi connectivity index (χ2v) is 17.7. The quantitative estimate of drug-likeness (QED) is 0.180. The molecule has 4 heterocycles. The van der Waals surface area contributed by atoms with E-state index in [9.17, 15) is 0 Å². The van der Waals surface area contributed by atoms with E-state index in [4.69, 9.17) is 0 Å². The largest absolute Gasteiger partial charge is 0.333 e. The summed E-state index contributed by atoms with van der Waals surface area (Å²) in [4.78, 5) is 6.43. The molecule has 2 aromatic heterocycles. The first-order valence-corrected chi connectivity index (χ1v) is 21.9. The predicted octanol–water partition coefficient (Wildman–Crippen LogP) is 14.9. The highest BCUT2D eigenvalue weighted by atomic mass is 15.2. The van der Waals surface area contributed by atoms with Crippen LogP contribution >= 0.6 is 0 Å². The maximum Gasteiger partial charge on any atom is 0.157 e. The van der Waals surface area contributed by atoms with Gasteiger partial charge in [-0.05, 0) is 112 Å². The van der Waals surface area contributed by atoms with Crippen molar-refractivity contribution >= 4 is 83.6 Å². The van der Waals surface area contributed by atoms with Crippen LogP contribution < -0.4 is 14.7 Å². The number of aromatic nitrogens is 1. The fourth-order valence-corrected chi connectivity index (χ4v) is 11.3. The van der Waals surface area contributed by atoms with Crippen molar-refractivity contribution in [3.8, 4) is 22.3 Å². The molecule has 4 heteroatoms. The topological polar surface area (TPSA) is 15.3 Å². The van der Waals surface area contributed by atoms with E-state index in [0.29, 0.717) is 0 Å². The lowest BCUT2D eigenvalue weighted by Crippen LogP contribution is -2.94. The van der Waals surface area contributed by atoms with Crippen LogP contribution in [0.5, 0.6) is 0 Å². The number of quaternary nitrogens is 1. The molecule has 0 saturated heterocycles. The van der Waals surface area contributed by atoms with E-state index in [-0.39, 0.29) is 6.04 Å². The normalized spacial score (nSPS) is 16.2. The van der Waals surface area contributed by atoms with E-state index >= 15 is 0 Å². The number of anilines is 5. The molecule has 2 atom stereocenters. The summed E-state index contributed by atoms with van der Waals surface area (Å²) in [6, 6.07) is 61.7. The number of rotatable bonds is 6. The minimum atomic E-state index is 0.224. The molecule has 2 aliphatic heterocycles. The summed E-state index contributed by atoms with van der Waals surface area (Å²) in [5, 5.41) is 5.21. The zero-order valence-corrected chi connectivity index (χ0v) is 35.4. The molecule has 1 aliphatic carbocycles. The van der Waals surface area contributed by atoms with E-state index in [1.54, 1.807) is 0 Å². The highest BCUT2D eigenvalue weighted by Gasteiger charge is 2.45. The van der Waals surface area contributed by atoms with Gasteiger partial charge in [0, 0.05) is 50.7 Å². The summed E-state index contributed by atoms with van der Waals surface area (Å²) in [5.74, 6) is 0. The summed E-state index contributed by atoms with van der Waals surface area (Å²) in [7, 11) is 0. The van der Waals surface area contributed by atoms with Crippen molar-refractivity contribution in [1.29, 1.82) is 0 Å². The van der Waals surface area contributed by atoms with Crippen molar-refractivity contribution in [2.24, 2.45) is 0 Å². The van der Waals surface area contributed by atoms with Gasteiger partial charge in [0.25, 0.3) is 0 Å². The number of nitrogens with zero attached hydrogens (tertiary/aromatic N) is 3. The van der Waals surface area contributed by atoms with Gasteiger partial charge in [0.15, 0.2) is 11.4 Å². The van der Waals surface area contributed by atoms with Crippen molar-refractivity contribution in [3.05, 3.63) is 198 Å². The molecular weight excluding hydrogens is 753 g/mol. The molecule has 0 saturated carbocycles. The Morgan fingerprint density at radius 3 is 2.10 bits per heavy atom. The first-order valence-electron chi connectivity index (χ1n) is 21.9. The van der Waals surface area contributed by atoms with Gasteiger partial charge in [-0.25, -0.2) is 4.90 Å². The first-order chi connectivity index (χ1) is 30.4. The Bertz CT molecular complexity index is 3550. The average Bonchev–Trinajstić information content (AvgIpc) is 4.03. The Morgan fingerprint density at radius 2 is 1.26 bits per heavy atom. The predicted molar refractivity (Wildman–Crippen MR) is 261 cm³/mol. The van der Waals surface area contributed by atoms with Crippen LogP contribution in [0, 0.1) is 13.8 Å². The SMILES string of the molecule is CC1=CC=C(C)C(N(c2ccccc2)c2cccc3c2c2cccc4c5cc6c(cc5n3c42)-c2cccc3c2[NH+]6c2cccc(N(c4ccccc4)c4cc(C)ccc4C)c2-3)C1.